The minimum atomic E-state index is 0.503. The molecule has 0 bridgehead atoms. The number of alkyl halides is 1. The Hall–Kier alpha value is -0.400. The fourth-order valence-electron chi connectivity index (χ4n) is 0.687. The average Bonchev–Trinajstić information content (AvgIpc) is 2.04. The van der Waals surface area contributed by atoms with Crippen LogP contribution in [0.2, 0.25) is 5.02 Å². The van der Waals surface area contributed by atoms with Crippen LogP contribution in [-0.4, -0.2) is 12.5 Å². The monoisotopic (exact) mass is 190 g/mol. The van der Waals surface area contributed by atoms with Crippen LogP contribution in [0.5, 0.6) is 5.75 Å². The van der Waals surface area contributed by atoms with Crippen molar-refractivity contribution in [3.63, 3.8) is 0 Å². The molecule has 0 amide bonds. The van der Waals surface area contributed by atoms with Crippen molar-refractivity contribution in [2.24, 2.45) is 0 Å². The van der Waals surface area contributed by atoms with Gasteiger partial charge in [-0.3, -0.25) is 0 Å². The molecule has 0 aliphatic heterocycles. The van der Waals surface area contributed by atoms with Gasteiger partial charge in [0.25, 0.3) is 0 Å². The van der Waals surface area contributed by atoms with Gasteiger partial charge < -0.3 is 4.74 Å². The van der Waals surface area contributed by atoms with Crippen LogP contribution < -0.4 is 4.74 Å². The molecule has 11 heavy (non-hydrogen) atoms. The molecule has 60 valence electrons. The lowest BCUT2D eigenvalue weighted by Crippen LogP contribution is -1.97. The third-order valence-electron chi connectivity index (χ3n) is 1.16. The van der Waals surface area contributed by atoms with Crippen LogP contribution >= 0.6 is 23.2 Å². The van der Waals surface area contributed by atoms with Gasteiger partial charge in [0.15, 0.2) is 0 Å². The normalized spacial score (nSPS) is 9.64. The Morgan fingerprint density at radius 1 is 1.18 bits per heavy atom. The van der Waals surface area contributed by atoms with Crippen molar-refractivity contribution in [2.75, 3.05) is 12.5 Å². The minimum absolute atomic E-state index is 0.503. The van der Waals surface area contributed by atoms with Crippen molar-refractivity contribution in [1.29, 1.82) is 0 Å². The molecule has 0 atom stereocenters. The van der Waals surface area contributed by atoms with E-state index in [0.717, 1.165) is 5.75 Å². The predicted molar refractivity (Wildman–Crippen MR) is 47.7 cm³/mol. The van der Waals surface area contributed by atoms with Gasteiger partial charge >= 0.3 is 0 Å². The summed E-state index contributed by atoms with van der Waals surface area (Å²) in [5, 5.41) is 0.711. The van der Waals surface area contributed by atoms with E-state index in [1.807, 2.05) is 12.1 Å². The first kappa shape index (κ1) is 8.69. The maximum atomic E-state index is 5.66. The summed E-state index contributed by atoms with van der Waals surface area (Å²) in [6, 6.07) is 7.19. The van der Waals surface area contributed by atoms with Crippen LogP contribution in [0.15, 0.2) is 24.3 Å². The zero-order valence-electron chi connectivity index (χ0n) is 5.89. The molecule has 0 N–H and O–H groups in total. The molecule has 0 fully saturated rings. The van der Waals surface area contributed by atoms with Crippen LogP contribution in [-0.2, 0) is 0 Å². The zero-order valence-corrected chi connectivity index (χ0v) is 7.40. The average molecular weight is 191 g/mol. The van der Waals surface area contributed by atoms with Gasteiger partial charge in [0, 0.05) is 5.02 Å². The third-order valence-corrected chi connectivity index (χ3v) is 1.57. The van der Waals surface area contributed by atoms with Gasteiger partial charge in [-0.1, -0.05) is 11.6 Å². The van der Waals surface area contributed by atoms with Gasteiger partial charge in [-0.2, -0.15) is 0 Å². The van der Waals surface area contributed by atoms with Crippen molar-refractivity contribution in [1.82, 2.24) is 0 Å². The molecule has 0 aliphatic carbocycles. The second kappa shape index (κ2) is 4.47. The van der Waals surface area contributed by atoms with Crippen LogP contribution in [0.25, 0.3) is 0 Å². The number of benzene rings is 1. The lowest BCUT2D eigenvalue weighted by molar-refractivity contribution is 0.343. The standard InChI is InChI=1S/C8H8Cl2O/c9-5-6-11-8-3-1-7(10)2-4-8/h1-4H,5-6H2. The summed E-state index contributed by atoms with van der Waals surface area (Å²) in [4.78, 5) is 0. The molecule has 0 spiro atoms. The number of halogens is 2. The first-order chi connectivity index (χ1) is 5.33. The molecule has 0 radical (unpaired) electrons. The Labute approximate surface area is 75.9 Å². The van der Waals surface area contributed by atoms with E-state index in [0.29, 0.717) is 17.5 Å². The molecular formula is C8H8Cl2O. The fourth-order valence-corrected chi connectivity index (χ4v) is 0.890. The predicted octanol–water partition coefficient (Wildman–Crippen LogP) is 2.96. The molecule has 0 aromatic heterocycles. The first-order valence-corrected chi connectivity index (χ1v) is 4.18. The van der Waals surface area contributed by atoms with Gasteiger partial charge in [-0.15, -0.1) is 11.6 Å². The molecular weight excluding hydrogens is 183 g/mol. The largest absolute Gasteiger partial charge is 0.492 e. The highest BCUT2D eigenvalue weighted by molar-refractivity contribution is 6.30. The molecule has 0 saturated heterocycles. The van der Waals surface area contributed by atoms with Crippen LogP contribution in [0, 0.1) is 0 Å². The molecule has 0 aliphatic rings. The SMILES string of the molecule is ClCCOc1ccc(Cl)cc1. The van der Waals surface area contributed by atoms with Crippen molar-refractivity contribution in [2.45, 2.75) is 0 Å². The van der Waals surface area contributed by atoms with Gasteiger partial charge in [0.2, 0.25) is 0 Å². The van der Waals surface area contributed by atoms with Crippen molar-refractivity contribution in [3.8, 4) is 5.75 Å². The van der Waals surface area contributed by atoms with Crippen LogP contribution in [0.3, 0.4) is 0 Å². The third kappa shape index (κ3) is 3.00. The molecule has 1 nitrogen and oxygen atoms in total. The summed E-state index contributed by atoms with van der Waals surface area (Å²) < 4.78 is 5.22. The molecule has 3 heteroatoms. The second-order valence-electron chi connectivity index (χ2n) is 1.99. The Kier molecular flexibility index (Phi) is 3.53. The van der Waals surface area contributed by atoms with E-state index in [4.69, 9.17) is 27.9 Å². The number of rotatable bonds is 3. The Balaban J connectivity index is 2.52. The van der Waals surface area contributed by atoms with E-state index in [-0.39, 0.29) is 0 Å². The quantitative estimate of drug-likeness (QED) is 0.667. The van der Waals surface area contributed by atoms with Gasteiger partial charge in [0.1, 0.15) is 12.4 Å². The lowest BCUT2D eigenvalue weighted by Gasteiger charge is -2.02. The smallest absolute Gasteiger partial charge is 0.119 e. The Bertz CT molecular complexity index is 208. The highest BCUT2D eigenvalue weighted by atomic mass is 35.5. The van der Waals surface area contributed by atoms with E-state index in [1.165, 1.54) is 0 Å². The summed E-state index contributed by atoms with van der Waals surface area (Å²) in [6.07, 6.45) is 0. The second-order valence-corrected chi connectivity index (χ2v) is 2.81. The Morgan fingerprint density at radius 3 is 2.36 bits per heavy atom. The molecule has 1 aromatic carbocycles. The number of ether oxygens (including phenoxy) is 1. The van der Waals surface area contributed by atoms with Crippen molar-refractivity contribution in [3.05, 3.63) is 29.3 Å². The van der Waals surface area contributed by atoms with E-state index in [2.05, 4.69) is 0 Å². The van der Waals surface area contributed by atoms with Crippen molar-refractivity contribution < 1.29 is 4.74 Å². The van der Waals surface area contributed by atoms with Crippen LogP contribution in [0.1, 0.15) is 0 Å². The minimum Gasteiger partial charge on any atom is -0.492 e. The van der Waals surface area contributed by atoms with E-state index >= 15 is 0 Å². The Morgan fingerprint density at radius 2 is 1.82 bits per heavy atom. The number of hydrogen-bond acceptors (Lipinski definition) is 1. The van der Waals surface area contributed by atoms with Gasteiger partial charge in [0.05, 0.1) is 5.88 Å². The maximum absolute atomic E-state index is 5.66. The van der Waals surface area contributed by atoms with E-state index in [1.54, 1.807) is 12.1 Å². The summed E-state index contributed by atoms with van der Waals surface area (Å²) in [7, 11) is 0. The maximum Gasteiger partial charge on any atom is 0.119 e. The molecule has 0 unspecified atom stereocenters. The van der Waals surface area contributed by atoms with E-state index in [9.17, 15) is 0 Å². The van der Waals surface area contributed by atoms with Crippen molar-refractivity contribution >= 4 is 23.2 Å². The zero-order chi connectivity index (χ0) is 8.10. The fraction of sp³-hybridized carbons (Fsp3) is 0.250. The first-order valence-electron chi connectivity index (χ1n) is 3.27. The molecule has 0 saturated carbocycles. The summed E-state index contributed by atoms with van der Waals surface area (Å²) in [6.45, 7) is 0.531. The summed E-state index contributed by atoms with van der Waals surface area (Å²) in [5.74, 6) is 1.30. The van der Waals surface area contributed by atoms with Gasteiger partial charge in [-0.05, 0) is 24.3 Å². The van der Waals surface area contributed by atoms with E-state index < -0.39 is 0 Å². The van der Waals surface area contributed by atoms with Gasteiger partial charge in [-0.25, -0.2) is 0 Å². The summed E-state index contributed by atoms with van der Waals surface area (Å²) in [5.41, 5.74) is 0. The summed E-state index contributed by atoms with van der Waals surface area (Å²) >= 11 is 11.1. The molecule has 1 rings (SSSR count). The highest BCUT2D eigenvalue weighted by Gasteiger charge is 1.91. The van der Waals surface area contributed by atoms with Crippen LogP contribution in [0.4, 0.5) is 0 Å². The molecule has 0 heterocycles. The topological polar surface area (TPSA) is 9.23 Å². The molecule has 1 aromatic rings. The highest BCUT2D eigenvalue weighted by Crippen LogP contribution is 2.15. The number of hydrogen-bond donors (Lipinski definition) is 0. The lowest BCUT2D eigenvalue weighted by atomic mass is 10.3.